The van der Waals surface area contributed by atoms with Gasteiger partial charge in [0.2, 0.25) is 0 Å². The molecule has 1 N–H and O–H groups in total. The average molecular weight is 240 g/mol. The van der Waals surface area contributed by atoms with Crippen molar-refractivity contribution in [1.82, 2.24) is 9.88 Å². The highest BCUT2D eigenvalue weighted by Gasteiger charge is 2.32. The van der Waals surface area contributed by atoms with Gasteiger partial charge in [-0.2, -0.15) is 0 Å². The predicted octanol–water partition coefficient (Wildman–Crippen LogP) is 3.06. The molecule has 0 aliphatic rings. The minimum Gasteiger partial charge on any atom is -0.465 e. The van der Waals surface area contributed by atoms with Gasteiger partial charge in [-0.3, -0.25) is 9.88 Å². The molecule has 1 unspecified atom stereocenters. The Morgan fingerprint density at radius 3 is 2.41 bits per heavy atom. The van der Waals surface area contributed by atoms with Gasteiger partial charge in [0.15, 0.2) is 0 Å². The number of hydrogen-bond donors (Lipinski definition) is 1. The third-order valence-electron chi connectivity index (χ3n) is 2.49. The molecule has 0 aromatic carbocycles. The Balaban J connectivity index is 3.04. The molecule has 94 valence electrons. The maximum Gasteiger partial charge on any atom is 0.408 e. The summed E-state index contributed by atoms with van der Waals surface area (Å²) < 4.78 is 12.8. The number of aromatic nitrogens is 1. The Kier molecular flexibility index (Phi) is 3.70. The number of halogens is 1. The molecule has 1 rings (SSSR count). The fourth-order valence-electron chi connectivity index (χ4n) is 1.80. The highest BCUT2D eigenvalue weighted by atomic mass is 19.1. The molecule has 0 aliphatic heterocycles. The Morgan fingerprint density at radius 2 is 2.06 bits per heavy atom. The minimum absolute atomic E-state index is 0.423. The lowest BCUT2D eigenvalue weighted by Crippen LogP contribution is -2.46. The zero-order valence-electron chi connectivity index (χ0n) is 10.4. The van der Waals surface area contributed by atoms with Crippen molar-refractivity contribution in [3.05, 3.63) is 29.8 Å². The van der Waals surface area contributed by atoms with Crippen LogP contribution in [-0.2, 0) is 0 Å². The monoisotopic (exact) mass is 240 g/mol. The summed E-state index contributed by atoms with van der Waals surface area (Å²) in [6, 6.07) is 2.36. The SMILES string of the molecule is CC(c1ccc(F)cn1)N(C(=O)O)C(C)(C)C. The number of pyridine rings is 1. The summed E-state index contributed by atoms with van der Waals surface area (Å²) in [5.41, 5.74) is -0.00913. The molecule has 0 saturated heterocycles. The van der Waals surface area contributed by atoms with Crippen LogP contribution in [0.3, 0.4) is 0 Å². The van der Waals surface area contributed by atoms with Crippen LogP contribution in [0.1, 0.15) is 39.4 Å². The molecule has 4 nitrogen and oxygen atoms in total. The van der Waals surface area contributed by atoms with Gasteiger partial charge in [-0.05, 0) is 39.8 Å². The molecule has 1 aromatic rings. The molecule has 1 heterocycles. The number of amides is 1. The van der Waals surface area contributed by atoms with Crippen LogP contribution in [0.25, 0.3) is 0 Å². The second kappa shape index (κ2) is 4.69. The quantitative estimate of drug-likeness (QED) is 0.864. The van der Waals surface area contributed by atoms with Gasteiger partial charge in [0, 0.05) is 5.54 Å². The molecule has 0 saturated carbocycles. The number of nitrogens with zero attached hydrogens (tertiary/aromatic N) is 2. The fourth-order valence-corrected chi connectivity index (χ4v) is 1.80. The summed E-state index contributed by atoms with van der Waals surface area (Å²) in [4.78, 5) is 16.5. The van der Waals surface area contributed by atoms with Crippen molar-refractivity contribution < 1.29 is 14.3 Å². The second-order valence-electron chi connectivity index (χ2n) is 4.90. The standard InChI is InChI=1S/C12H17FN2O2/c1-8(10-6-5-9(13)7-14-10)15(11(16)17)12(2,3)4/h5-8H,1-4H3,(H,16,17). The minimum atomic E-state index is -1.02. The van der Waals surface area contributed by atoms with Crippen LogP contribution in [0, 0.1) is 5.82 Å². The molecule has 1 amide bonds. The van der Waals surface area contributed by atoms with E-state index in [1.54, 1.807) is 27.7 Å². The highest BCUT2D eigenvalue weighted by molar-refractivity contribution is 5.66. The van der Waals surface area contributed by atoms with E-state index in [1.165, 1.54) is 17.0 Å². The van der Waals surface area contributed by atoms with Crippen molar-refractivity contribution in [2.75, 3.05) is 0 Å². The van der Waals surface area contributed by atoms with E-state index in [-0.39, 0.29) is 0 Å². The summed E-state index contributed by atoms with van der Waals surface area (Å²) in [6.07, 6.45) is 0.0743. The van der Waals surface area contributed by atoms with E-state index in [0.717, 1.165) is 6.20 Å². The molecule has 1 atom stereocenters. The first-order valence-corrected chi connectivity index (χ1v) is 5.37. The van der Waals surface area contributed by atoms with Crippen LogP contribution >= 0.6 is 0 Å². The van der Waals surface area contributed by atoms with Crippen LogP contribution in [-0.4, -0.2) is 26.6 Å². The Morgan fingerprint density at radius 1 is 1.47 bits per heavy atom. The molecular weight excluding hydrogens is 223 g/mol. The van der Waals surface area contributed by atoms with E-state index in [9.17, 15) is 14.3 Å². The van der Waals surface area contributed by atoms with Crippen molar-refractivity contribution in [3.63, 3.8) is 0 Å². The summed E-state index contributed by atoms with van der Waals surface area (Å²) in [7, 11) is 0. The topological polar surface area (TPSA) is 53.4 Å². The van der Waals surface area contributed by atoms with Crippen LogP contribution in [0.15, 0.2) is 18.3 Å². The largest absolute Gasteiger partial charge is 0.465 e. The van der Waals surface area contributed by atoms with Crippen LogP contribution in [0.2, 0.25) is 0 Å². The van der Waals surface area contributed by atoms with Crippen molar-refractivity contribution in [2.45, 2.75) is 39.3 Å². The normalized spacial score (nSPS) is 13.2. The number of carboxylic acid groups (broad SMARTS) is 1. The third-order valence-corrected chi connectivity index (χ3v) is 2.49. The van der Waals surface area contributed by atoms with Gasteiger partial charge in [0.25, 0.3) is 0 Å². The number of hydrogen-bond acceptors (Lipinski definition) is 2. The first-order chi connectivity index (χ1) is 7.73. The fraction of sp³-hybridized carbons (Fsp3) is 0.500. The maximum atomic E-state index is 12.8. The smallest absolute Gasteiger partial charge is 0.408 e. The van der Waals surface area contributed by atoms with E-state index in [2.05, 4.69) is 4.98 Å². The molecule has 1 aromatic heterocycles. The molecule has 0 radical (unpaired) electrons. The van der Waals surface area contributed by atoms with Gasteiger partial charge in [-0.25, -0.2) is 9.18 Å². The van der Waals surface area contributed by atoms with Gasteiger partial charge in [0.05, 0.1) is 17.9 Å². The molecule has 0 aliphatic carbocycles. The highest BCUT2D eigenvalue weighted by Crippen LogP contribution is 2.26. The van der Waals surface area contributed by atoms with Crippen LogP contribution in [0.4, 0.5) is 9.18 Å². The van der Waals surface area contributed by atoms with E-state index in [4.69, 9.17) is 0 Å². The summed E-state index contributed by atoms with van der Waals surface area (Å²) in [5, 5.41) is 9.22. The van der Waals surface area contributed by atoms with Gasteiger partial charge >= 0.3 is 6.09 Å². The molecule has 0 spiro atoms. The maximum absolute atomic E-state index is 12.8. The summed E-state index contributed by atoms with van der Waals surface area (Å²) in [5.74, 6) is -0.432. The van der Waals surface area contributed by atoms with Crippen LogP contribution in [0.5, 0.6) is 0 Å². The van der Waals surface area contributed by atoms with E-state index in [0.29, 0.717) is 5.69 Å². The van der Waals surface area contributed by atoms with E-state index < -0.39 is 23.5 Å². The predicted molar refractivity (Wildman–Crippen MR) is 62.2 cm³/mol. The molecular formula is C12H17FN2O2. The van der Waals surface area contributed by atoms with Crippen molar-refractivity contribution >= 4 is 6.09 Å². The zero-order chi connectivity index (χ0) is 13.2. The van der Waals surface area contributed by atoms with Gasteiger partial charge in [-0.1, -0.05) is 0 Å². The first-order valence-electron chi connectivity index (χ1n) is 5.37. The van der Waals surface area contributed by atoms with E-state index in [1.807, 2.05) is 0 Å². The van der Waals surface area contributed by atoms with Gasteiger partial charge in [0.1, 0.15) is 5.82 Å². The lowest BCUT2D eigenvalue weighted by Gasteiger charge is -2.37. The average Bonchev–Trinajstić information content (AvgIpc) is 2.15. The van der Waals surface area contributed by atoms with Gasteiger partial charge in [-0.15, -0.1) is 0 Å². The van der Waals surface area contributed by atoms with Crippen molar-refractivity contribution in [3.8, 4) is 0 Å². The molecule has 5 heteroatoms. The second-order valence-corrected chi connectivity index (χ2v) is 4.90. The zero-order valence-corrected chi connectivity index (χ0v) is 10.4. The van der Waals surface area contributed by atoms with E-state index >= 15 is 0 Å². The molecule has 0 bridgehead atoms. The van der Waals surface area contributed by atoms with Crippen molar-refractivity contribution in [1.29, 1.82) is 0 Å². The van der Waals surface area contributed by atoms with Crippen molar-refractivity contribution in [2.24, 2.45) is 0 Å². The number of carbonyl (C=O) groups is 1. The Labute approximate surface area is 100 Å². The Bertz CT molecular complexity index is 398. The van der Waals surface area contributed by atoms with Crippen LogP contribution < -0.4 is 0 Å². The third kappa shape index (κ3) is 3.15. The van der Waals surface area contributed by atoms with Gasteiger partial charge < -0.3 is 5.11 Å². The first kappa shape index (κ1) is 13.4. The molecule has 0 fully saturated rings. The Hall–Kier alpha value is -1.65. The lowest BCUT2D eigenvalue weighted by molar-refractivity contribution is 0.0740. The summed E-state index contributed by atoms with van der Waals surface area (Å²) in [6.45, 7) is 7.16. The molecule has 17 heavy (non-hydrogen) atoms. The number of rotatable bonds is 2. The lowest BCUT2D eigenvalue weighted by atomic mass is 10.0. The summed E-state index contributed by atoms with van der Waals surface area (Å²) >= 11 is 0.